The molecule has 0 radical (unpaired) electrons. The van der Waals surface area contributed by atoms with Crippen molar-refractivity contribution in [1.82, 2.24) is 0 Å². The van der Waals surface area contributed by atoms with Crippen LogP contribution in [0.15, 0.2) is 17.3 Å². The van der Waals surface area contributed by atoms with E-state index in [1.54, 1.807) is 6.08 Å². The quantitative estimate of drug-likeness (QED) is 0.432. The number of rotatable bonds is 2. The molecule has 0 aromatic carbocycles. The van der Waals surface area contributed by atoms with Crippen LogP contribution in [0.2, 0.25) is 0 Å². The van der Waals surface area contributed by atoms with Gasteiger partial charge < -0.3 is 0 Å². The van der Waals surface area contributed by atoms with Gasteiger partial charge in [0.05, 0.1) is 0 Å². The molecule has 4 aliphatic rings. The van der Waals surface area contributed by atoms with E-state index in [0.29, 0.717) is 48.8 Å². The molecule has 3 fully saturated rings. The van der Waals surface area contributed by atoms with E-state index in [1.807, 2.05) is 0 Å². The molecule has 0 bridgehead atoms. The van der Waals surface area contributed by atoms with Crippen molar-refractivity contribution in [3.63, 3.8) is 0 Å². The highest BCUT2D eigenvalue weighted by Gasteiger charge is 2.60. The van der Waals surface area contributed by atoms with Crippen molar-refractivity contribution in [2.45, 2.75) is 51.9 Å². The smallest absolute Gasteiger partial charge is 0.161 e. The Labute approximate surface area is 142 Å². The Bertz CT molecular complexity index is 666. The van der Waals surface area contributed by atoms with E-state index in [2.05, 4.69) is 23.0 Å². The molecule has 4 aliphatic carbocycles. The van der Waals surface area contributed by atoms with Crippen LogP contribution in [0.3, 0.4) is 0 Å². The van der Waals surface area contributed by atoms with Crippen LogP contribution in [0.1, 0.15) is 51.9 Å². The molecule has 0 spiro atoms. The molecule has 24 heavy (non-hydrogen) atoms. The summed E-state index contributed by atoms with van der Waals surface area (Å²) in [6, 6.07) is 0. The summed E-state index contributed by atoms with van der Waals surface area (Å²) in [6.45, 7) is 2.65. The van der Waals surface area contributed by atoms with Crippen molar-refractivity contribution in [1.29, 1.82) is 0 Å². The normalized spacial score (nSPS) is 46.7. The van der Waals surface area contributed by atoms with Gasteiger partial charge in [0.15, 0.2) is 5.78 Å². The maximum Gasteiger partial charge on any atom is 0.161 e. The van der Waals surface area contributed by atoms with Gasteiger partial charge in [-0.15, -0.1) is 0 Å². The molecule has 5 heteroatoms. The number of hydrogen-bond acceptors (Lipinski definition) is 3. The lowest BCUT2D eigenvalue weighted by Gasteiger charge is -2.60. The van der Waals surface area contributed by atoms with Crippen LogP contribution in [-0.4, -0.2) is 18.1 Å². The third-order valence-electron chi connectivity index (χ3n) is 7.88. The summed E-state index contributed by atoms with van der Waals surface area (Å²) in [7, 11) is 0. The van der Waals surface area contributed by atoms with Gasteiger partial charge in [0.25, 0.3) is 0 Å². The number of carbonyl (C=O) groups excluding carboxylic acids is 2. The average molecular weight is 327 g/mol. The van der Waals surface area contributed by atoms with E-state index in [1.165, 1.54) is 0 Å². The van der Waals surface area contributed by atoms with E-state index in [4.69, 9.17) is 5.53 Å². The van der Waals surface area contributed by atoms with Crippen LogP contribution in [0.5, 0.6) is 0 Å². The van der Waals surface area contributed by atoms with Gasteiger partial charge in [-0.1, -0.05) is 18.1 Å². The van der Waals surface area contributed by atoms with Crippen LogP contribution in [0, 0.1) is 34.5 Å². The van der Waals surface area contributed by atoms with Gasteiger partial charge in [0.2, 0.25) is 0 Å². The minimum absolute atomic E-state index is 0.0239. The highest BCUT2D eigenvalue weighted by Crippen LogP contribution is 2.64. The summed E-state index contributed by atoms with van der Waals surface area (Å²) in [5, 5.41) is 3.99. The number of ketones is 2. The van der Waals surface area contributed by atoms with E-state index >= 15 is 0 Å². The first-order valence-electron chi connectivity index (χ1n) is 9.26. The molecule has 0 amide bonds. The molecule has 0 aliphatic heterocycles. The lowest BCUT2D eigenvalue weighted by atomic mass is 9.44. The van der Waals surface area contributed by atoms with Crippen LogP contribution < -0.4 is 0 Å². The highest BCUT2D eigenvalue weighted by atomic mass is 16.1. The molecule has 0 heterocycles. The van der Waals surface area contributed by atoms with Crippen LogP contribution in [-0.2, 0) is 9.59 Å². The van der Waals surface area contributed by atoms with E-state index in [0.717, 1.165) is 32.1 Å². The van der Waals surface area contributed by atoms with Gasteiger partial charge in [0.1, 0.15) is 5.78 Å². The van der Waals surface area contributed by atoms with E-state index in [-0.39, 0.29) is 16.6 Å². The SMILES string of the molecule is C[C@]12CC[C@H]3[C@@H](CCC4CC(=O)CC[C@@]43CN=[N+]=[N-])[C@@H]1C=CC2=O. The van der Waals surface area contributed by atoms with Gasteiger partial charge >= 0.3 is 0 Å². The van der Waals surface area contributed by atoms with Crippen molar-refractivity contribution in [2.75, 3.05) is 6.54 Å². The summed E-state index contributed by atoms with van der Waals surface area (Å²) in [5.74, 6) is 2.30. The zero-order valence-corrected chi connectivity index (χ0v) is 14.3. The number of Topliss-reactive ketones (excluding diaryl/α,β-unsaturated/α-hetero) is 1. The third-order valence-corrected chi connectivity index (χ3v) is 7.88. The second-order valence-corrected chi connectivity index (χ2v) is 8.61. The van der Waals surface area contributed by atoms with Crippen molar-refractivity contribution >= 4 is 11.6 Å². The number of fused-ring (bicyclic) bond motifs is 5. The Morgan fingerprint density at radius 3 is 2.92 bits per heavy atom. The Morgan fingerprint density at radius 1 is 1.29 bits per heavy atom. The Kier molecular flexibility index (Phi) is 3.61. The monoisotopic (exact) mass is 327 g/mol. The van der Waals surface area contributed by atoms with Crippen LogP contribution >= 0.6 is 0 Å². The van der Waals surface area contributed by atoms with Crippen molar-refractivity contribution in [2.24, 2.45) is 39.6 Å². The standard InChI is InChI=1S/C19H25N3O2/c1-18-8-7-16-14(15(18)4-5-17(18)24)3-2-12-10-13(23)6-9-19(12,16)11-21-22-20/h4-5,12,14-16H,2-3,6-11H2,1H3/t12?,14-,15-,16-,18-,19+/m0/s1. The molecule has 1 unspecified atom stereocenters. The minimum atomic E-state index is -0.224. The van der Waals surface area contributed by atoms with Gasteiger partial charge in [-0.2, -0.15) is 0 Å². The number of carbonyl (C=O) groups is 2. The lowest BCUT2D eigenvalue weighted by molar-refractivity contribution is -0.143. The zero-order valence-electron chi connectivity index (χ0n) is 14.3. The molecule has 0 saturated heterocycles. The molecule has 0 aromatic rings. The van der Waals surface area contributed by atoms with Crippen molar-refractivity contribution in [3.05, 3.63) is 22.6 Å². The first-order valence-corrected chi connectivity index (χ1v) is 9.26. The first-order chi connectivity index (χ1) is 11.5. The third kappa shape index (κ3) is 2.03. The molecule has 6 atom stereocenters. The molecule has 5 nitrogen and oxygen atoms in total. The number of hydrogen-bond donors (Lipinski definition) is 0. The second kappa shape index (κ2) is 5.45. The maximum atomic E-state index is 12.4. The fraction of sp³-hybridized carbons (Fsp3) is 0.789. The highest BCUT2D eigenvalue weighted by molar-refractivity contribution is 5.97. The molecule has 4 rings (SSSR count). The van der Waals surface area contributed by atoms with Crippen molar-refractivity contribution < 1.29 is 9.59 Å². The maximum absolute atomic E-state index is 12.4. The van der Waals surface area contributed by atoms with Gasteiger partial charge in [-0.05, 0) is 72.8 Å². The van der Waals surface area contributed by atoms with Gasteiger partial charge in [0, 0.05) is 29.7 Å². The molecule has 0 aromatic heterocycles. The Balaban J connectivity index is 1.71. The Morgan fingerprint density at radius 2 is 2.12 bits per heavy atom. The summed E-state index contributed by atoms with van der Waals surface area (Å²) < 4.78 is 0. The fourth-order valence-electron chi connectivity index (χ4n) is 6.59. The summed E-state index contributed by atoms with van der Waals surface area (Å²) in [6.07, 6.45) is 10.1. The summed E-state index contributed by atoms with van der Waals surface area (Å²) in [4.78, 5) is 27.4. The van der Waals surface area contributed by atoms with E-state index in [9.17, 15) is 9.59 Å². The van der Waals surface area contributed by atoms with Crippen molar-refractivity contribution in [3.8, 4) is 0 Å². The first kappa shape index (κ1) is 15.9. The Hall–Kier alpha value is -1.61. The largest absolute Gasteiger partial charge is 0.300 e. The average Bonchev–Trinajstić information content (AvgIpc) is 2.88. The minimum Gasteiger partial charge on any atom is -0.300 e. The number of azide groups is 1. The lowest BCUT2D eigenvalue weighted by Crippen LogP contribution is -2.56. The van der Waals surface area contributed by atoms with Crippen LogP contribution in [0.25, 0.3) is 10.4 Å². The predicted octanol–water partition coefficient (Wildman–Crippen LogP) is 4.23. The van der Waals surface area contributed by atoms with E-state index < -0.39 is 0 Å². The van der Waals surface area contributed by atoms with Gasteiger partial charge in [-0.25, -0.2) is 0 Å². The predicted molar refractivity (Wildman–Crippen MR) is 90.0 cm³/mol. The van der Waals surface area contributed by atoms with Gasteiger partial charge in [-0.3, -0.25) is 9.59 Å². The summed E-state index contributed by atoms with van der Waals surface area (Å²) in [5.41, 5.74) is 8.65. The molecular weight excluding hydrogens is 302 g/mol. The molecule has 3 saturated carbocycles. The fourth-order valence-corrected chi connectivity index (χ4v) is 6.59. The topological polar surface area (TPSA) is 82.9 Å². The molecular formula is C19H25N3O2. The molecule has 0 N–H and O–H groups in total. The second-order valence-electron chi connectivity index (χ2n) is 8.61. The van der Waals surface area contributed by atoms with Crippen LogP contribution in [0.4, 0.5) is 0 Å². The molecule has 128 valence electrons. The number of nitrogens with zero attached hydrogens (tertiary/aromatic N) is 3. The number of allylic oxidation sites excluding steroid dienone is 2. The zero-order chi connectivity index (χ0) is 16.9. The summed E-state index contributed by atoms with van der Waals surface area (Å²) >= 11 is 0.